The predicted molar refractivity (Wildman–Crippen MR) is 67.6 cm³/mol. The number of carbonyl (C=O) groups is 1. The molecule has 1 aliphatic rings. The van der Waals surface area contributed by atoms with Gasteiger partial charge in [0.2, 0.25) is 0 Å². The molecule has 0 unspecified atom stereocenters. The summed E-state index contributed by atoms with van der Waals surface area (Å²) >= 11 is 1.62. The SMILES string of the molecule is C=C1C(=O)NOc2cccc(-c3cccs3)c21. The summed E-state index contributed by atoms with van der Waals surface area (Å²) in [5.41, 5.74) is 4.53. The van der Waals surface area contributed by atoms with Crippen LogP contribution in [0.2, 0.25) is 0 Å². The van der Waals surface area contributed by atoms with Crippen molar-refractivity contribution in [3.05, 3.63) is 47.9 Å². The molecule has 1 aromatic carbocycles. The number of fused-ring (bicyclic) bond motifs is 1. The normalized spacial score (nSPS) is 13.9. The second kappa shape index (κ2) is 3.75. The van der Waals surface area contributed by atoms with Gasteiger partial charge in [0, 0.05) is 21.6 Å². The molecule has 84 valence electrons. The molecule has 2 aromatic rings. The minimum atomic E-state index is -0.290. The molecule has 0 bridgehead atoms. The third-order valence-electron chi connectivity index (χ3n) is 2.64. The summed E-state index contributed by atoms with van der Waals surface area (Å²) in [6.07, 6.45) is 0. The summed E-state index contributed by atoms with van der Waals surface area (Å²) in [5, 5.41) is 2.00. The van der Waals surface area contributed by atoms with Gasteiger partial charge in [-0.2, -0.15) is 5.48 Å². The first-order valence-electron chi connectivity index (χ1n) is 5.11. The van der Waals surface area contributed by atoms with Crippen LogP contribution in [0.1, 0.15) is 5.56 Å². The van der Waals surface area contributed by atoms with Crippen LogP contribution in [-0.2, 0) is 4.79 Å². The summed E-state index contributed by atoms with van der Waals surface area (Å²) < 4.78 is 0. The van der Waals surface area contributed by atoms with E-state index in [9.17, 15) is 4.79 Å². The Hall–Kier alpha value is -2.07. The standard InChI is InChI=1S/C13H9NO2S/c1-8-12-9(11-6-3-7-17-11)4-2-5-10(12)16-14-13(8)15/h2-7H,1H2,(H,14,15). The average Bonchev–Trinajstić information content (AvgIpc) is 2.87. The lowest BCUT2D eigenvalue weighted by Crippen LogP contribution is -2.32. The number of carbonyl (C=O) groups excluding carboxylic acids is 1. The van der Waals surface area contributed by atoms with E-state index in [4.69, 9.17) is 4.84 Å². The molecule has 0 saturated carbocycles. The molecule has 0 fully saturated rings. The van der Waals surface area contributed by atoms with E-state index < -0.39 is 0 Å². The molecule has 2 heterocycles. The molecule has 1 N–H and O–H groups in total. The molecular weight excluding hydrogens is 234 g/mol. The third kappa shape index (κ3) is 1.54. The molecule has 0 spiro atoms. The molecule has 17 heavy (non-hydrogen) atoms. The Morgan fingerprint density at radius 2 is 2.12 bits per heavy atom. The molecule has 1 aromatic heterocycles. The number of amides is 1. The van der Waals surface area contributed by atoms with Crippen molar-refractivity contribution in [2.45, 2.75) is 0 Å². The predicted octanol–water partition coefficient (Wildman–Crippen LogP) is 2.85. The summed E-state index contributed by atoms with van der Waals surface area (Å²) in [4.78, 5) is 17.8. The van der Waals surface area contributed by atoms with Crippen LogP contribution in [-0.4, -0.2) is 5.91 Å². The van der Waals surface area contributed by atoms with Crippen LogP contribution in [0.15, 0.2) is 42.3 Å². The van der Waals surface area contributed by atoms with E-state index >= 15 is 0 Å². The van der Waals surface area contributed by atoms with Crippen LogP contribution in [0.4, 0.5) is 0 Å². The maximum Gasteiger partial charge on any atom is 0.284 e. The van der Waals surface area contributed by atoms with Gasteiger partial charge in [0.25, 0.3) is 5.91 Å². The van der Waals surface area contributed by atoms with Crippen molar-refractivity contribution in [1.82, 2.24) is 5.48 Å². The van der Waals surface area contributed by atoms with Gasteiger partial charge in [0.05, 0.1) is 0 Å². The van der Waals surface area contributed by atoms with E-state index in [0.29, 0.717) is 11.3 Å². The second-order valence-electron chi connectivity index (χ2n) is 3.67. The highest BCUT2D eigenvalue weighted by atomic mass is 32.1. The van der Waals surface area contributed by atoms with Crippen LogP contribution in [0.3, 0.4) is 0 Å². The molecule has 0 atom stereocenters. The van der Waals surface area contributed by atoms with Crippen LogP contribution >= 0.6 is 11.3 Å². The van der Waals surface area contributed by atoms with Gasteiger partial charge in [-0.1, -0.05) is 24.8 Å². The van der Waals surface area contributed by atoms with Gasteiger partial charge in [-0.15, -0.1) is 11.3 Å². The number of rotatable bonds is 1. The largest absolute Gasteiger partial charge is 0.379 e. The van der Waals surface area contributed by atoms with E-state index in [1.54, 1.807) is 11.3 Å². The first-order chi connectivity index (χ1) is 8.27. The molecule has 0 saturated heterocycles. The van der Waals surface area contributed by atoms with Gasteiger partial charge in [0.1, 0.15) is 0 Å². The highest BCUT2D eigenvalue weighted by Gasteiger charge is 2.24. The minimum Gasteiger partial charge on any atom is -0.379 e. The fourth-order valence-electron chi connectivity index (χ4n) is 1.84. The topological polar surface area (TPSA) is 38.3 Å². The third-order valence-corrected chi connectivity index (χ3v) is 3.55. The number of thiophene rings is 1. The highest BCUT2D eigenvalue weighted by molar-refractivity contribution is 7.13. The summed E-state index contributed by atoms with van der Waals surface area (Å²) in [6, 6.07) is 9.68. The zero-order chi connectivity index (χ0) is 11.8. The Balaban J connectivity index is 2.25. The first kappa shape index (κ1) is 10.1. The van der Waals surface area contributed by atoms with E-state index in [2.05, 4.69) is 12.1 Å². The van der Waals surface area contributed by atoms with E-state index in [1.807, 2.05) is 35.7 Å². The Kier molecular flexibility index (Phi) is 2.23. The van der Waals surface area contributed by atoms with Crippen molar-refractivity contribution in [3.8, 4) is 16.2 Å². The summed E-state index contributed by atoms with van der Waals surface area (Å²) in [7, 11) is 0. The smallest absolute Gasteiger partial charge is 0.284 e. The highest BCUT2D eigenvalue weighted by Crippen LogP contribution is 2.38. The van der Waals surface area contributed by atoms with E-state index in [0.717, 1.165) is 16.0 Å². The average molecular weight is 243 g/mol. The van der Waals surface area contributed by atoms with Gasteiger partial charge in [0.15, 0.2) is 5.75 Å². The van der Waals surface area contributed by atoms with Crippen molar-refractivity contribution < 1.29 is 9.63 Å². The van der Waals surface area contributed by atoms with Crippen LogP contribution in [0, 0.1) is 0 Å². The molecule has 4 heteroatoms. The Labute approximate surface area is 102 Å². The van der Waals surface area contributed by atoms with Gasteiger partial charge in [-0.05, 0) is 17.5 Å². The Morgan fingerprint density at radius 1 is 1.24 bits per heavy atom. The molecule has 3 nitrogen and oxygen atoms in total. The maximum absolute atomic E-state index is 11.5. The Bertz CT molecular complexity index is 602. The zero-order valence-corrected chi connectivity index (χ0v) is 9.71. The molecule has 1 aliphatic heterocycles. The van der Waals surface area contributed by atoms with Crippen LogP contribution < -0.4 is 10.3 Å². The zero-order valence-electron chi connectivity index (χ0n) is 8.90. The van der Waals surface area contributed by atoms with Gasteiger partial charge in [-0.3, -0.25) is 4.79 Å². The molecular formula is C13H9NO2S. The first-order valence-corrected chi connectivity index (χ1v) is 5.98. The maximum atomic E-state index is 11.5. The molecule has 3 rings (SSSR count). The van der Waals surface area contributed by atoms with Crippen molar-refractivity contribution in [2.24, 2.45) is 0 Å². The number of hydrogen-bond donors (Lipinski definition) is 1. The van der Waals surface area contributed by atoms with Crippen molar-refractivity contribution in [1.29, 1.82) is 0 Å². The molecule has 0 radical (unpaired) electrons. The van der Waals surface area contributed by atoms with E-state index in [1.165, 1.54) is 0 Å². The van der Waals surface area contributed by atoms with Gasteiger partial charge < -0.3 is 4.84 Å². The molecule has 0 aliphatic carbocycles. The number of hydroxylamine groups is 1. The van der Waals surface area contributed by atoms with Crippen molar-refractivity contribution >= 4 is 22.8 Å². The van der Waals surface area contributed by atoms with Gasteiger partial charge in [-0.25, -0.2) is 0 Å². The van der Waals surface area contributed by atoms with Crippen molar-refractivity contribution in [3.63, 3.8) is 0 Å². The monoisotopic (exact) mass is 243 g/mol. The fraction of sp³-hybridized carbons (Fsp3) is 0. The lowest BCUT2D eigenvalue weighted by molar-refractivity contribution is -0.122. The molecule has 1 amide bonds. The summed E-state index contributed by atoms with van der Waals surface area (Å²) in [6.45, 7) is 3.82. The second-order valence-corrected chi connectivity index (χ2v) is 4.62. The number of benzene rings is 1. The van der Waals surface area contributed by atoms with Crippen molar-refractivity contribution in [2.75, 3.05) is 0 Å². The van der Waals surface area contributed by atoms with E-state index in [-0.39, 0.29) is 5.91 Å². The lowest BCUT2D eigenvalue weighted by Gasteiger charge is -2.20. The van der Waals surface area contributed by atoms with Crippen LogP contribution in [0.25, 0.3) is 16.0 Å². The van der Waals surface area contributed by atoms with Gasteiger partial charge >= 0.3 is 0 Å². The Morgan fingerprint density at radius 3 is 2.88 bits per heavy atom. The fourth-order valence-corrected chi connectivity index (χ4v) is 2.60. The number of hydrogen-bond acceptors (Lipinski definition) is 3. The minimum absolute atomic E-state index is 0.290. The lowest BCUT2D eigenvalue weighted by atomic mass is 9.97. The summed E-state index contributed by atoms with van der Waals surface area (Å²) in [5.74, 6) is 0.349. The van der Waals surface area contributed by atoms with Crippen LogP contribution in [0.5, 0.6) is 5.75 Å². The number of nitrogens with one attached hydrogen (secondary N) is 1. The quantitative estimate of drug-likeness (QED) is 0.782.